The number of aromatic nitrogens is 2. The first-order valence-corrected chi connectivity index (χ1v) is 9.79. The van der Waals surface area contributed by atoms with Crippen molar-refractivity contribution in [3.63, 3.8) is 0 Å². The lowest BCUT2D eigenvalue weighted by atomic mass is 10.1. The van der Waals surface area contributed by atoms with Crippen LogP contribution in [0.4, 0.5) is 0 Å². The fourth-order valence-electron chi connectivity index (χ4n) is 3.04. The number of hydrogen-bond acceptors (Lipinski definition) is 4. The number of pyridine rings is 1. The zero-order valence-electron chi connectivity index (χ0n) is 14.0. The minimum absolute atomic E-state index is 0.00458. The van der Waals surface area contributed by atoms with Crippen LogP contribution in [0.15, 0.2) is 59.8 Å². The Kier molecular flexibility index (Phi) is 4.22. The molecule has 0 atom stereocenters. The van der Waals surface area contributed by atoms with Gasteiger partial charge in [-0.25, -0.2) is 13.4 Å². The summed E-state index contributed by atoms with van der Waals surface area (Å²) in [5, 5.41) is -0.0268. The van der Waals surface area contributed by atoms with Crippen LogP contribution in [0.25, 0.3) is 11.2 Å². The van der Waals surface area contributed by atoms with Gasteiger partial charge in [-0.1, -0.05) is 35.9 Å². The summed E-state index contributed by atoms with van der Waals surface area (Å²) in [5.41, 5.74) is 2.36. The SMILES string of the molecule is COc1cccc(C2=CCN(S(=O)(=O)c3c(Cl)nc4ccccn34)C2)c1. The molecule has 0 saturated heterocycles. The average Bonchev–Trinajstić information content (AvgIpc) is 3.26. The van der Waals surface area contributed by atoms with Crippen LogP contribution in [0.2, 0.25) is 5.15 Å². The van der Waals surface area contributed by atoms with E-state index in [0.717, 1.165) is 16.9 Å². The zero-order valence-corrected chi connectivity index (χ0v) is 15.5. The van der Waals surface area contributed by atoms with E-state index in [2.05, 4.69) is 4.98 Å². The second kappa shape index (κ2) is 6.42. The van der Waals surface area contributed by atoms with Crippen molar-refractivity contribution >= 4 is 32.8 Å². The summed E-state index contributed by atoms with van der Waals surface area (Å²) < 4.78 is 34.4. The van der Waals surface area contributed by atoms with Crippen LogP contribution < -0.4 is 4.74 Å². The van der Waals surface area contributed by atoms with E-state index in [4.69, 9.17) is 16.3 Å². The van der Waals surface area contributed by atoms with Crippen molar-refractivity contribution in [1.82, 2.24) is 13.7 Å². The van der Waals surface area contributed by atoms with Crippen molar-refractivity contribution in [3.8, 4) is 5.75 Å². The van der Waals surface area contributed by atoms with Crippen molar-refractivity contribution in [2.75, 3.05) is 20.2 Å². The molecule has 0 aliphatic carbocycles. The minimum atomic E-state index is -3.79. The maximum Gasteiger partial charge on any atom is 0.262 e. The molecule has 0 radical (unpaired) electrons. The van der Waals surface area contributed by atoms with E-state index < -0.39 is 10.0 Å². The highest BCUT2D eigenvalue weighted by Crippen LogP contribution is 2.31. The molecule has 2 aromatic heterocycles. The first-order chi connectivity index (χ1) is 12.5. The average molecular weight is 390 g/mol. The lowest BCUT2D eigenvalue weighted by Crippen LogP contribution is -2.30. The number of hydrogen-bond donors (Lipinski definition) is 0. The first-order valence-electron chi connectivity index (χ1n) is 7.97. The molecule has 134 valence electrons. The Morgan fingerprint density at radius 1 is 1.19 bits per heavy atom. The van der Waals surface area contributed by atoms with Gasteiger partial charge in [-0.15, -0.1) is 0 Å². The van der Waals surface area contributed by atoms with Gasteiger partial charge in [-0.3, -0.25) is 4.40 Å². The molecule has 1 aliphatic heterocycles. The predicted octanol–water partition coefficient (Wildman–Crippen LogP) is 3.08. The summed E-state index contributed by atoms with van der Waals surface area (Å²) in [5.74, 6) is 0.731. The molecule has 1 aliphatic rings. The molecule has 0 bridgehead atoms. The summed E-state index contributed by atoms with van der Waals surface area (Å²) in [6.07, 6.45) is 3.55. The molecule has 26 heavy (non-hydrogen) atoms. The molecule has 0 fully saturated rings. The molecule has 1 aromatic carbocycles. The van der Waals surface area contributed by atoms with Crippen molar-refractivity contribution in [2.45, 2.75) is 5.03 Å². The van der Waals surface area contributed by atoms with E-state index in [-0.39, 0.29) is 23.3 Å². The monoisotopic (exact) mass is 389 g/mol. The lowest BCUT2D eigenvalue weighted by molar-refractivity contribution is 0.414. The number of rotatable bonds is 4. The smallest absolute Gasteiger partial charge is 0.262 e. The molecule has 4 rings (SSSR count). The van der Waals surface area contributed by atoms with Gasteiger partial charge in [0.25, 0.3) is 10.0 Å². The largest absolute Gasteiger partial charge is 0.497 e. The molecule has 0 spiro atoms. The number of sulfonamides is 1. The van der Waals surface area contributed by atoms with Gasteiger partial charge in [-0.05, 0) is 35.4 Å². The summed E-state index contributed by atoms with van der Waals surface area (Å²) in [6, 6.07) is 12.8. The van der Waals surface area contributed by atoms with Gasteiger partial charge >= 0.3 is 0 Å². The van der Waals surface area contributed by atoms with Gasteiger partial charge in [0.15, 0.2) is 10.2 Å². The molecule has 0 unspecified atom stereocenters. The summed E-state index contributed by atoms with van der Waals surface area (Å²) in [6.45, 7) is 0.553. The topological polar surface area (TPSA) is 63.9 Å². The van der Waals surface area contributed by atoms with E-state index in [0.29, 0.717) is 5.65 Å². The van der Waals surface area contributed by atoms with E-state index >= 15 is 0 Å². The lowest BCUT2D eigenvalue weighted by Gasteiger charge is -2.16. The quantitative estimate of drug-likeness (QED) is 0.687. The highest BCUT2D eigenvalue weighted by molar-refractivity contribution is 7.89. The van der Waals surface area contributed by atoms with Crippen LogP contribution in [-0.4, -0.2) is 42.3 Å². The predicted molar refractivity (Wildman–Crippen MR) is 99.9 cm³/mol. The van der Waals surface area contributed by atoms with Gasteiger partial charge in [0, 0.05) is 19.3 Å². The Balaban J connectivity index is 1.67. The van der Waals surface area contributed by atoms with E-state index in [1.54, 1.807) is 31.5 Å². The number of halogens is 1. The Morgan fingerprint density at radius 2 is 2.04 bits per heavy atom. The summed E-state index contributed by atoms with van der Waals surface area (Å²) in [7, 11) is -2.19. The maximum absolute atomic E-state index is 13.2. The summed E-state index contributed by atoms with van der Waals surface area (Å²) in [4.78, 5) is 4.14. The van der Waals surface area contributed by atoms with Gasteiger partial charge < -0.3 is 4.74 Å². The van der Waals surface area contributed by atoms with E-state index in [9.17, 15) is 8.42 Å². The second-order valence-electron chi connectivity index (χ2n) is 5.90. The van der Waals surface area contributed by atoms with Crippen LogP contribution in [-0.2, 0) is 10.0 Å². The molecular weight excluding hydrogens is 374 g/mol. The minimum Gasteiger partial charge on any atom is -0.497 e. The molecule has 8 heteroatoms. The van der Waals surface area contributed by atoms with Gasteiger partial charge in [-0.2, -0.15) is 4.31 Å². The first kappa shape index (κ1) is 17.1. The van der Waals surface area contributed by atoms with Crippen LogP contribution >= 0.6 is 11.6 Å². The van der Waals surface area contributed by atoms with Crippen LogP contribution in [0.1, 0.15) is 5.56 Å². The molecule has 0 amide bonds. The highest BCUT2D eigenvalue weighted by Gasteiger charge is 2.33. The van der Waals surface area contributed by atoms with Gasteiger partial charge in [0.2, 0.25) is 0 Å². The molecule has 3 aromatic rings. The normalized spacial score (nSPS) is 15.4. The van der Waals surface area contributed by atoms with Crippen LogP contribution in [0.5, 0.6) is 5.75 Å². The number of nitrogens with zero attached hydrogens (tertiary/aromatic N) is 3. The van der Waals surface area contributed by atoms with Gasteiger partial charge in [0.1, 0.15) is 11.4 Å². The van der Waals surface area contributed by atoms with Crippen molar-refractivity contribution < 1.29 is 13.2 Å². The van der Waals surface area contributed by atoms with E-state index in [1.807, 2.05) is 30.3 Å². The van der Waals surface area contributed by atoms with Crippen LogP contribution in [0.3, 0.4) is 0 Å². The van der Waals surface area contributed by atoms with Crippen molar-refractivity contribution in [2.24, 2.45) is 0 Å². The van der Waals surface area contributed by atoms with Crippen LogP contribution in [0, 0.1) is 0 Å². The Hall–Kier alpha value is -2.35. The highest BCUT2D eigenvalue weighted by atomic mass is 35.5. The maximum atomic E-state index is 13.2. The van der Waals surface area contributed by atoms with E-state index in [1.165, 1.54) is 8.71 Å². The number of fused-ring (bicyclic) bond motifs is 1. The number of imidazole rings is 1. The third-order valence-electron chi connectivity index (χ3n) is 4.36. The Bertz CT molecular complexity index is 1120. The van der Waals surface area contributed by atoms with Gasteiger partial charge in [0.05, 0.1) is 7.11 Å². The number of benzene rings is 1. The fourth-order valence-corrected chi connectivity index (χ4v) is 5.00. The molecule has 6 nitrogen and oxygen atoms in total. The Morgan fingerprint density at radius 3 is 2.85 bits per heavy atom. The Labute approximate surface area is 156 Å². The molecule has 0 N–H and O–H groups in total. The number of methoxy groups -OCH3 is 1. The zero-order chi connectivity index (χ0) is 18.3. The third-order valence-corrected chi connectivity index (χ3v) is 6.57. The fraction of sp³-hybridized carbons (Fsp3) is 0.167. The second-order valence-corrected chi connectivity index (χ2v) is 8.11. The summed E-state index contributed by atoms with van der Waals surface area (Å²) >= 11 is 6.15. The van der Waals surface area contributed by atoms with Crippen molar-refractivity contribution in [1.29, 1.82) is 0 Å². The molecule has 3 heterocycles. The standard InChI is InChI=1S/C18H16ClN3O3S/c1-25-15-6-4-5-13(11-15)14-8-10-21(12-14)26(23,24)18-17(19)20-16-7-2-3-9-22(16)18/h2-9,11H,10,12H2,1H3. The molecule has 0 saturated carbocycles. The van der Waals surface area contributed by atoms with Crippen molar-refractivity contribution in [3.05, 3.63) is 65.5 Å². The molecular formula is C18H16ClN3O3S. The third kappa shape index (κ3) is 2.78. The number of ether oxygens (including phenoxy) is 1.